The Morgan fingerprint density at radius 2 is 1.96 bits per heavy atom. The summed E-state index contributed by atoms with van der Waals surface area (Å²) in [5.74, 6) is -1.52. The van der Waals surface area contributed by atoms with Gasteiger partial charge >= 0.3 is 5.97 Å². The van der Waals surface area contributed by atoms with E-state index < -0.39 is 24.3 Å². The van der Waals surface area contributed by atoms with Crippen LogP contribution in [0.25, 0.3) is 6.08 Å². The molecule has 0 aliphatic rings. The SMILES string of the molecule is O=C(COC(=O)/C=C/c1cccc(F)c1)Nc1cccc(Br)c1. The van der Waals surface area contributed by atoms with Crippen LogP contribution in [-0.2, 0) is 14.3 Å². The summed E-state index contributed by atoms with van der Waals surface area (Å²) in [5.41, 5.74) is 1.12. The van der Waals surface area contributed by atoms with Gasteiger partial charge in [0.1, 0.15) is 5.82 Å². The minimum Gasteiger partial charge on any atom is -0.452 e. The molecule has 0 aliphatic heterocycles. The Bertz CT molecular complexity index is 746. The molecule has 2 rings (SSSR count). The predicted octanol–water partition coefficient (Wildman–Crippen LogP) is 3.78. The van der Waals surface area contributed by atoms with Crippen LogP contribution in [0.1, 0.15) is 5.56 Å². The van der Waals surface area contributed by atoms with E-state index in [4.69, 9.17) is 4.74 Å². The van der Waals surface area contributed by atoms with E-state index in [9.17, 15) is 14.0 Å². The molecule has 1 N–H and O–H groups in total. The molecule has 1 amide bonds. The molecule has 118 valence electrons. The number of nitrogens with one attached hydrogen (secondary N) is 1. The van der Waals surface area contributed by atoms with E-state index in [1.165, 1.54) is 24.3 Å². The van der Waals surface area contributed by atoms with Gasteiger partial charge in [0.15, 0.2) is 6.61 Å². The zero-order valence-electron chi connectivity index (χ0n) is 12.0. The van der Waals surface area contributed by atoms with Crippen LogP contribution in [0.3, 0.4) is 0 Å². The molecule has 0 radical (unpaired) electrons. The first-order valence-electron chi connectivity index (χ1n) is 6.69. The Morgan fingerprint density at radius 3 is 2.70 bits per heavy atom. The van der Waals surface area contributed by atoms with E-state index in [0.29, 0.717) is 11.3 Å². The summed E-state index contributed by atoms with van der Waals surface area (Å²) in [6.45, 7) is -0.404. The molecule has 0 aromatic heterocycles. The van der Waals surface area contributed by atoms with E-state index in [-0.39, 0.29) is 0 Å². The lowest BCUT2D eigenvalue weighted by atomic mass is 10.2. The van der Waals surface area contributed by atoms with Gasteiger partial charge in [0.2, 0.25) is 0 Å². The highest BCUT2D eigenvalue weighted by molar-refractivity contribution is 9.10. The highest BCUT2D eigenvalue weighted by atomic mass is 79.9. The third kappa shape index (κ3) is 6.04. The van der Waals surface area contributed by atoms with Gasteiger partial charge in [-0.05, 0) is 42.0 Å². The summed E-state index contributed by atoms with van der Waals surface area (Å²) in [7, 11) is 0. The average molecular weight is 378 g/mol. The van der Waals surface area contributed by atoms with Gasteiger partial charge < -0.3 is 10.1 Å². The molecule has 2 aromatic rings. The lowest BCUT2D eigenvalue weighted by Gasteiger charge is -2.05. The van der Waals surface area contributed by atoms with Gasteiger partial charge in [-0.1, -0.05) is 34.1 Å². The fourth-order valence-electron chi connectivity index (χ4n) is 1.72. The molecule has 6 heteroatoms. The van der Waals surface area contributed by atoms with Crippen LogP contribution in [-0.4, -0.2) is 18.5 Å². The number of esters is 1. The number of carbonyl (C=O) groups excluding carboxylic acids is 2. The quantitative estimate of drug-likeness (QED) is 0.637. The second-order valence-electron chi connectivity index (χ2n) is 4.55. The number of halogens is 2. The van der Waals surface area contributed by atoms with Crippen LogP contribution in [0.15, 0.2) is 59.1 Å². The number of hydrogen-bond donors (Lipinski definition) is 1. The topological polar surface area (TPSA) is 55.4 Å². The standard InChI is InChI=1S/C17H13BrFNO3/c18-13-4-2-6-15(10-13)20-16(21)11-23-17(22)8-7-12-3-1-5-14(19)9-12/h1-10H,11H2,(H,20,21)/b8-7+. The van der Waals surface area contributed by atoms with Gasteiger partial charge in [0, 0.05) is 16.2 Å². The molecular weight excluding hydrogens is 365 g/mol. The summed E-state index contributed by atoms with van der Waals surface area (Å²) < 4.78 is 18.6. The third-order valence-electron chi connectivity index (χ3n) is 2.71. The number of carbonyl (C=O) groups is 2. The predicted molar refractivity (Wildman–Crippen MR) is 89.2 cm³/mol. The largest absolute Gasteiger partial charge is 0.452 e. The Hall–Kier alpha value is -2.47. The van der Waals surface area contributed by atoms with Crippen molar-refractivity contribution in [3.8, 4) is 0 Å². The molecule has 0 unspecified atom stereocenters. The highest BCUT2D eigenvalue weighted by Crippen LogP contribution is 2.15. The maximum Gasteiger partial charge on any atom is 0.331 e. The second kappa shape index (κ2) is 8.24. The van der Waals surface area contributed by atoms with E-state index in [0.717, 1.165) is 10.5 Å². The fraction of sp³-hybridized carbons (Fsp3) is 0.0588. The van der Waals surface area contributed by atoms with Crippen LogP contribution >= 0.6 is 15.9 Å². The third-order valence-corrected chi connectivity index (χ3v) is 3.21. The van der Waals surface area contributed by atoms with Crippen molar-refractivity contribution in [3.05, 3.63) is 70.5 Å². The van der Waals surface area contributed by atoms with E-state index >= 15 is 0 Å². The van der Waals surface area contributed by atoms with Crippen molar-refractivity contribution in [2.75, 3.05) is 11.9 Å². The minimum atomic E-state index is -0.682. The number of rotatable bonds is 5. The maximum atomic E-state index is 13.0. The minimum absolute atomic E-state index is 0.395. The maximum absolute atomic E-state index is 13.0. The summed E-state index contributed by atoms with van der Waals surface area (Å²) in [6.07, 6.45) is 2.55. The Balaban J connectivity index is 1.81. The average Bonchev–Trinajstić information content (AvgIpc) is 2.51. The second-order valence-corrected chi connectivity index (χ2v) is 5.47. The molecule has 23 heavy (non-hydrogen) atoms. The zero-order valence-corrected chi connectivity index (χ0v) is 13.5. The zero-order chi connectivity index (χ0) is 16.7. The van der Waals surface area contributed by atoms with Crippen molar-refractivity contribution in [3.63, 3.8) is 0 Å². The molecular formula is C17H13BrFNO3. The van der Waals surface area contributed by atoms with Crippen LogP contribution in [0.5, 0.6) is 0 Å². The first-order valence-corrected chi connectivity index (χ1v) is 7.48. The Morgan fingerprint density at radius 1 is 1.17 bits per heavy atom. The normalized spacial score (nSPS) is 10.5. The van der Waals surface area contributed by atoms with Crippen molar-refractivity contribution >= 4 is 39.6 Å². The van der Waals surface area contributed by atoms with Gasteiger partial charge in [-0.25, -0.2) is 9.18 Å². The molecule has 0 bridgehead atoms. The van der Waals surface area contributed by atoms with Crippen molar-refractivity contribution in [2.45, 2.75) is 0 Å². The van der Waals surface area contributed by atoms with Crippen molar-refractivity contribution in [2.24, 2.45) is 0 Å². The molecule has 0 aliphatic carbocycles. The lowest BCUT2D eigenvalue weighted by molar-refractivity contribution is -0.142. The molecule has 0 saturated heterocycles. The van der Waals surface area contributed by atoms with E-state index in [1.807, 2.05) is 6.07 Å². The van der Waals surface area contributed by atoms with Crippen molar-refractivity contribution in [1.29, 1.82) is 0 Å². The molecule has 2 aromatic carbocycles. The fourth-order valence-corrected chi connectivity index (χ4v) is 2.12. The van der Waals surface area contributed by atoms with Crippen LogP contribution in [0.4, 0.5) is 10.1 Å². The number of ether oxygens (including phenoxy) is 1. The number of benzene rings is 2. The van der Waals surface area contributed by atoms with E-state index in [2.05, 4.69) is 21.2 Å². The van der Waals surface area contributed by atoms with Gasteiger partial charge in [-0.3, -0.25) is 4.79 Å². The number of hydrogen-bond acceptors (Lipinski definition) is 3. The molecule has 4 nitrogen and oxygen atoms in total. The summed E-state index contributed by atoms with van der Waals surface area (Å²) in [4.78, 5) is 23.2. The van der Waals surface area contributed by atoms with Crippen molar-refractivity contribution in [1.82, 2.24) is 0 Å². The Labute approximate surface area is 141 Å². The number of amides is 1. The highest BCUT2D eigenvalue weighted by Gasteiger charge is 2.06. The molecule has 0 fully saturated rings. The van der Waals surface area contributed by atoms with Crippen molar-refractivity contribution < 1.29 is 18.7 Å². The van der Waals surface area contributed by atoms with Gasteiger partial charge in [-0.2, -0.15) is 0 Å². The first-order chi connectivity index (χ1) is 11.0. The summed E-state index contributed by atoms with van der Waals surface area (Å²) >= 11 is 3.29. The van der Waals surface area contributed by atoms with Gasteiger partial charge in [0.25, 0.3) is 5.91 Å². The monoisotopic (exact) mass is 377 g/mol. The van der Waals surface area contributed by atoms with Gasteiger partial charge in [0.05, 0.1) is 0 Å². The van der Waals surface area contributed by atoms with Crippen LogP contribution in [0.2, 0.25) is 0 Å². The van der Waals surface area contributed by atoms with E-state index in [1.54, 1.807) is 24.3 Å². The molecule has 0 heterocycles. The van der Waals surface area contributed by atoms with Crippen LogP contribution < -0.4 is 5.32 Å². The molecule has 0 spiro atoms. The molecule has 0 atom stereocenters. The lowest BCUT2D eigenvalue weighted by Crippen LogP contribution is -2.20. The number of anilines is 1. The first kappa shape index (κ1) is 16.9. The summed E-state index contributed by atoms with van der Waals surface area (Å²) in [5, 5.41) is 2.60. The Kier molecular flexibility index (Phi) is 6.05. The summed E-state index contributed by atoms with van der Waals surface area (Å²) in [6, 6.07) is 12.8. The van der Waals surface area contributed by atoms with Crippen LogP contribution in [0, 0.1) is 5.82 Å². The molecule has 0 saturated carbocycles. The van der Waals surface area contributed by atoms with Gasteiger partial charge in [-0.15, -0.1) is 0 Å². The smallest absolute Gasteiger partial charge is 0.331 e.